The highest BCUT2D eigenvalue weighted by molar-refractivity contribution is 7.93. The molecule has 0 fully saturated rings. The molecule has 1 N–H and O–H groups in total. The molecule has 3 aromatic carbocycles. The van der Waals surface area contributed by atoms with E-state index in [1.165, 1.54) is 24.3 Å². The van der Waals surface area contributed by atoms with Crippen molar-refractivity contribution in [1.82, 2.24) is 15.6 Å². The van der Waals surface area contributed by atoms with Crippen LogP contribution in [-0.2, 0) is 16.6 Å². The molecule has 1 aromatic heterocycles. The number of hydrogen-bond acceptors (Lipinski definition) is 6. The number of halogens is 1. The van der Waals surface area contributed by atoms with Crippen molar-refractivity contribution < 1.29 is 22.2 Å². The van der Waals surface area contributed by atoms with E-state index >= 15 is 0 Å². The van der Waals surface area contributed by atoms with E-state index < -0.39 is 21.7 Å². The number of aromatic nitrogens is 2. The van der Waals surface area contributed by atoms with E-state index in [1.54, 1.807) is 44.2 Å². The molecule has 0 radical (unpaired) electrons. The minimum Gasteiger partial charge on any atom is -0.350 e. The summed E-state index contributed by atoms with van der Waals surface area (Å²) in [4.78, 5) is 12.4. The van der Waals surface area contributed by atoms with E-state index in [0.717, 1.165) is 10.4 Å². The third-order valence-corrected chi connectivity index (χ3v) is 6.69. The second kappa shape index (κ2) is 8.99. The quantitative estimate of drug-likeness (QED) is 0.441. The van der Waals surface area contributed by atoms with Gasteiger partial charge in [0.15, 0.2) is 5.52 Å². The van der Waals surface area contributed by atoms with Gasteiger partial charge in [-0.25, -0.2) is 17.4 Å². The van der Waals surface area contributed by atoms with Crippen molar-refractivity contribution in [2.45, 2.75) is 31.3 Å². The van der Waals surface area contributed by atoms with Crippen molar-refractivity contribution >= 4 is 32.7 Å². The zero-order chi connectivity index (χ0) is 23.6. The summed E-state index contributed by atoms with van der Waals surface area (Å²) >= 11 is 0. The van der Waals surface area contributed by atoms with Gasteiger partial charge < -0.3 is 5.32 Å². The first kappa shape index (κ1) is 22.4. The lowest BCUT2D eigenvalue weighted by Gasteiger charge is -2.25. The number of carbonyl (C=O) groups is 1. The molecule has 1 heterocycles. The topological polar surface area (TPSA) is 105 Å². The molecule has 170 valence electrons. The first-order valence-electron chi connectivity index (χ1n) is 10.2. The van der Waals surface area contributed by atoms with Gasteiger partial charge in [-0.05, 0) is 60.1 Å². The largest absolute Gasteiger partial charge is 0.350 e. The van der Waals surface area contributed by atoms with Crippen LogP contribution >= 0.6 is 0 Å². The van der Waals surface area contributed by atoms with Crippen molar-refractivity contribution in [1.29, 1.82) is 0 Å². The molecule has 0 saturated carbocycles. The first-order valence-corrected chi connectivity index (χ1v) is 11.6. The summed E-state index contributed by atoms with van der Waals surface area (Å²) in [6.07, 6.45) is 0. The molecule has 33 heavy (non-hydrogen) atoms. The van der Waals surface area contributed by atoms with Gasteiger partial charge in [0.25, 0.3) is 15.9 Å². The lowest BCUT2D eigenvalue weighted by Crippen LogP contribution is -2.33. The van der Waals surface area contributed by atoms with Gasteiger partial charge >= 0.3 is 0 Å². The average Bonchev–Trinajstić information content (AvgIpc) is 3.27. The molecule has 4 aromatic rings. The number of amides is 1. The lowest BCUT2D eigenvalue weighted by atomic mass is 10.1. The number of sulfonamides is 1. The zero-order valence-corrected chi connectivity index (χ0v) is 18.7. The Morgan fingerprint density at radius 3 is 2.55 bits per heavy atom. The maximum absolute atomic E-state index is 14.5. The number of benzene rings is 3. The number of fused-ring (bicyclic) bond motifs is 1. The van der Waals surface area contributed by atoms with E-state index in [-0.39, 0.29) is 39.8 Å². The molecular weight excluding hydrogens is 447 g/mol. The SMILES string of the molecule is CC(C)NC(=O)c1cc(N(Cc2ccccc2)S(=O)(=O)c2cccc3nonc23)ccc1F. The fourth-order valence-corrected chi connectivity index (χ4v) is 4.94. The Morgan fingerprint density at radius 2 is 1.82 bits per heavy atom. The molecular formula is C23H21FN4O4S. The Morgan fingerprint density at radius 1 is 1.06 bits per heavy atom. The van der Waals surface area contributed by atoms with Crippen LogP contribution in [0.2, 0.25) is 0 Å². The van der Waals surface area contributed by atoms with E-state index in [9.17, 15) is 17.6 Å². The molecule has 0 unspecified atom stereocenters. The average molecular weight is 469 g/mol. The van der Waals surface area contributed by atoms with Gasteiger partial charge in [0.2, 0.25) is 0 Å². The van der Waals surface area contributed by atoms with Crippen LogP contribution in [0.3, 0.4) is 0 Å². The Bertz CT molecular complexity index is 1400. The van der Waals surface area contributed by atoms with Gasteiger partial charge in [-0.3, -0.25) is 9.10 Å². The summed E-state index contributed by atoms with van der Waals surface area (Å²) in [5.74, 6) is -1.39. The smallest absolute Gasteiger partial charge is 0.266 e. The highest BCUT2D eigenvalue weighted by Gasteiger charge is 2.30. The number of nitrogens with one attached hydrogen (secondary N) is 1. The van der Waals surface area contributed by atoms with Crippen molar-refractivity contribution in [2.75, 3.05) is 4.31 Å². The molecule has 0 saturated heterocycles. The second-order valence-electron chi connectivity index (χ2n) is 7.68. The standard InChI is InChI=1S/C23H21FN4O4S/c1-15(2)25-23(29)18-13-17(11-12-19(18)24)28(14-16-7-4-3-5-8-16)33(30,31)21-10-6-9-20-22(21)27-32-26-20/h3-13,15H,14H2,1-2H3,(H,25,29). The molecule has 0 spiro atoms. The summed E-state index contributed by atoms with van der Waals surface area (Å²) in [5.41, 5.74) is 0.935. The third-order valence-electron chi connectivity index (χ3n) is 4.89. The van der Waals surface area contributed by atoms with Gasteiger partial charge in [-0.1, -0.05) is 36.4 Å². The molecule has 0 aliphatic rings. The van der Waals surface area contributed by atoms with Crippen molar-refractivity contribution in [3.8, 4) is 0 Å². The number of hydrogen-bond donors (Lipinski definition) is 1. The molecule has 1 amide bonds. The summed E-state index contributed by atoms with van der Waals surface area (Å²) in [7, 11) is -4.21. The van der Waals surface area contributed by atoms with Gasteiger partial charge in [-0.2, -0.15) is 0 Å². The van der Waals surface area contributed by atoms with Crippen molar-refractivity contribution in [3.63, 3.8) is 0 Å². The molecule has 0 aliphatic heterocycles. The number of rotatable bonds is 7. The van der Waals surface area contributed by atoms with Crippen LogP contribution in [0.15, 0.2) is 76.3 Å². The maximum atomic E-state index is 14.5. The van der Waals surface area contributed by atoms with Gasteiger partial charge in [-0.15, -0.1) is 0 Å². The Kier molecular flexibility index (Phi) is 6.10. The van der Waals surface area contributed by atoms with Gasteiger partial charge in [0, 0.05) is 6.04 Å². The first-order chi connectivity index (χ1) is 15.8. The van der Waals surface area contributed by atoms with Crippen LogP contribution in [0, 0.1) is 5.82 Å². The van der Waals surface area contributed by atoms with Gasteiger partial charge in [0.1, 0.15) is 16.2 Å². The van der Waals surface area contributed by atoms with E-state index in [0.29, 0.717) is 5.56 Å². The van der Waals surface area contributed by atoms with Crippen LogP contribution in [0.25, 0.3) is 11.0 Å². The van der Waals surface area contributed by atoms with Crippen LogP contribution < -0.4 is 9.62 Å². The fourth-order valence-electron chi connectivity index (χ4n) is 3.35. The van der Waals surface area contributed by atoms with E-state index in [2.05, 4.69) is 15.6 Å². The Labute approximate surface area is 190 Å². The van der Waals surface area contributed by atoms with Gasteiger partial charge in [0.05, 0.1) is 17.8 Å². The number of carbonyl (C=O) groups excluding carboxylic acids is 1. The summed E-state index contributed by atoms with van der Waals surface area (Å²) in [6, 6.07) is 16.9. The predicted octanol–water partition coefficient (Wildman–Crippen LogP) is 3.90. The normalized spacial score (nSPS) is 11.6. The minimum atomic E-state index is -4.21. The predicted molar refractivity (Wildman–Crippen MR) is 121 cm³/mol. The molecule has 0 atom stereocenters. The highest BCUT2D eigenvalue weighted by atomic mass is 32.2. The van der Waals surface area contributed by atoms with Crippen LogP contribution in [0.4, 0.5) is 10.1 Å². The molecule has 4 rings (SSSR count). The Balaban J connectivity index is 1.86. The highest BCUT2D eigenvalue weighted by Crippen LogP contribution is 2.30. The molecule has 0 aliphatic carbocycles. The maximum Gasteiger partial charge on any atom is 0.266 e. The zero-order valence-electron chi connectivity index (χ0n) is 17.9. The van der Waals surface area contributed by atoms with E-state index in [4.69, 9.17) is 4.63 Å². The number of anilines is 1. The van der Waals surface area contributed by atoms with E-state index in [1.807, 2.05) is 6.07 Å². The summed E-state index contributed by atoms with van der Waals surface area (Å²) < 4.78 is 47.9. The summed E-state index contributed by atoms with van der Waals surface area (Å²) in [6.45, 7) is 3.44. The molecule has 10 heteroatoms. The third kappa shape index (κ3) is 4.56. The van der Waals surface area contributed by atoms with Crippen molar-refractivity contribution in [2.24, 2.45) is 0 Å². The van der Waals surface area contributed by atoms with Crippen molar-refractivity contribution in [3.05, 3.63) is 83.7 Å². The summed E-state index contributed by atoms with van der Waals surface area (Å²) in [5, 5.41) is 10.1. The Hall–Kier alpha value is -3.79. The molecule has 0 bridgehead atoms. The lowest BCUT2D eigenvalue weighted by molar-refractivity contribution is 0.0939. The second-order valence-corrected chi connectivity index (χ2v) is 9.51. The molecule has 8 nitrogen and oxygen atoms in total. The fraction of sp³-hybridized carbons (Fsp3) is 0.174. The number of nitrogens with zero attached hydrogens (tertiary/aromatic N) is 3. The monoisotopic (exact) mass is 468 g/mol. The minimum absolute atomic E-state index is 0.0539. The van der Waals surface area contributed by atoms with Crippen LogP contribution in [0.1, 0.15) is 29.8 Å². The van der Waals surface area contributed by atoms with Crippen LogP contribution in [-0.4, -0.2) is 30.7 Å². The van der Waals surface area contributed by atoms with Crippen LogP contribution in [0.5, 0.6) is 0 Å².